The molecule has 0 atom stereocenters. The maximum Gasteiger partial charge on any atom is 0.293 e. The van der Waals surface area contributed by atoms with Crippen LogP contribution in [0.2, 0.25) is 0 Å². The fraction of sp³-hybridized carbons (Fsp3) is 0.462. The van der Waals surface area contributed by atoms with Crippen molar-refractivity contribution in [1.29, 1.82) is 0 Å². The second-order valence-corrected chi connectivity index (χ2v) is 5.51. The topological polar surface area (TPSA) is 102 Å². The highest BCUT2D eigenvalue weighted by atomic mass is 16.6. The van der Waals surface area contributed by atoms with E-state index in [0.29, 0.717) is 12.1 Å². The molecule has 0 aromatic heterocycles. The van der Waals surface area contributed by atoms with Crippen LogP contribution in [0.3, 0.4) is 0 Å². The van der Waals surface area contributed by atoms with Gasteiger partial charge in [0.05, 0.1) is 4.92 Å². The third-order valence-electron chi connectivity index (χ3n) is 3.74. The predicted molar refractivity (Wildman–Crippen MR) is 75.3 cm³/mol. The van der Waals surface area contributed by atoms with Gasteiger partial charge < -0.3 is 10.3 Å². The lowest BCUT2D eigenvalue weighted by Crippen LogP contribution is -2.42. The van der Waals surface area contributed by atoms with Gasteiger partial charge >= 0.3 is 0 Å². The number of rotatable bonds is 3. The van der Waals surface area contributed by atoms with Crippen LogP contribution in [-0.4, -0.2) is 27.8 Å². The van der Waals surface area contributed by atoms with E-state index in [-0.39, 0.29) is 22.8 Å². The molecule has 3 N–H and O–H groups in total. The van der Waals surface area contributed by atoms with Crippen LogP contribution < -0.4 is 11.3 Å². The first-order valence-corrected chi connectivity index (χ1v) is 6.44. The number of benzene rings is 1. The third-order valence-corrected chi connectivity index (χ3v) is 3.74. The first kappa shape index (κ1) is 14.3. The molecule has 0 aliphatic carbocycles. The van der Waals surface area contributed by atoms with Crippen LogP contribution in [0.15, 0.2) is 18.2 Å². The number of nitrogens with one attached hydrogen (secondary N) is 1. The first-order valence-electron chi connectivity index (χ1n) is 6.44. The molecule has 7 heteroatoms. The summed E-state index contributed by atoms with van der Waals surface area (Å²) in [6, 6.07) is 4.19. The molecule has 0 bridgehead atoms. The maximum atomic E-state index is 12.5. The molecule has 0 radical (unpaired) electrons. The number of amides is 1. The molecule has 1 aliphatic rings. The standard InChI is InChI=1S/C13H18N4O3/c1-13(2)6-3-7-16(13)12(18)9-4-5-11(17(19)20)10(8-9)15-14/h4-5,8,15H,3,6-7,14H2,1-2H3. The van der Waals surface area contributed by atoms with Crippen LogP contribution in [0.5, 0.6) is 0 Å². The molecule has 1 fully saturated rings. The highest BCUT2D eigenvalue weighted by Crippen LogP contribution is 2.31. The van der Waals surface area contributed by atoms with Gasteiger partial charge in [0.1, 0.15) is 5.69 Å². The zero-order chi connectivity index (χ0) is 14.9. The summed E-state index contributed by atoms with van der Waals surface area (Å²) in [4.78, 5) is 24.6. The van der Waals surface area contributed by atoms with Crippen LogP contribution in [0.1, 0.15) is 37.0 Å². The Morgan fingerprint density at radius 2 is 2.20 bits per heavy atom. The number of nitro benzene ring substituents is 1. The molecule has 2 rings (SSSR count). The molecule has 1 heterocycles. The number of nitrogen functional groups attached to an aromatic ring is 1. The van der Waals surface area contributed by atoms with Crippen LogP contribution in [-0.2, 0) is 0 Å². The van der Waals surface area contributed by atoms with Gasteiger partial charge in [-0.05, 0) is 38.8 Å². The van der Waals surface area contributed by atoms with Crippen LogP contribution in [0.25, 0.3) is 0 Å². The quantitative estimate of drug-likeness (QED) is 0.499. The van der Waals surface area contributed by atoms with Crippen molar-refractivity contribution in [3.05, 3.63) is 33.9 Å². The van der Waals surface area contributed by atoms with Gasteiger partial charge in [-0.2, -0.15) is 0 Å². The minimum absolute atomic E-state index is 0.126. The molecule has 0 unspecified atom stereocenters. The summed E-state index contributed by atoms with van der Waals surface area (Å²) >= 11 is 0. The van der Waals surface area contributed by atoms with E-state index in [1.165, 1.54) is 18.2 Å². The lowest BCUT2D eigenvalue weighted by Gasteiger charge is -2.31. The van der Waals surface area contributed by atoms with Gasteiger partial charge in [-0.3, -0.25) is 20.8 Å². The number of anilines is 1. The number of likely N-dealkylation sites (tertiary alicyclic amines) is 1. The molecule has 1 aromatic rings. The number of hydrogen-bond donors (Lipinski definition) is 2. The molecule has 20 heavy (non-hydrogen) atoms. The molecular weight excluding hydrogens is 260 g/mol. The number of nitrogens with zero attached hydrogens (tertiary/aromatic N) is 2. The van der Waals surface area contributed by atoms with Crippen molar-refractivity contribution in [2.45, 2.75) is 32.2 Å². The monoisotopic (exact) mass is 278 g/mol. The third kappa shape index (κ3) is 2.44. The average Bonchev–Trinajstić information content (AvgIpc) is 2.76. The lowest BCUT2D eigenvalue weighted by molar-refractivity contribution is -0.384. The average molecular weight is 278 g/mol. The van der Waals surface area contributed by atoms with E-state index in [1.807, 2.05) is 13.8 Å². The van der Waals surface area contributed by atoms with Gasteiger partial charge in [0.15, 0.2) is 0 Å². The molecule has 1 amide bonds. The van der Waals surface area contributed by atoms with E-state index in [0.717, 1.165) is 12.8 Å². The molecule has 108 valence electrons. The van der Waals surface area contributed by atoms with Gasteiger partial charge in [0.25, 0.3) is 11.6 Å². The van der Waals surface area contributed by atoms with Crippen molar-refractivity contribution in [3.8, 4) is 0 Å². The van der Waals surface area contributed by atoms with Gasteiger partial charge in [0.2, 0.25) is 0 Å². The Morgan fingerprint density at radius 3 is 2.70 bits per heavy atom. The summed E-state index contributed by atoms with van der Waals surface area (Å²) in [5.41, 5.74) is 2.48. The number of nitro groups is 1. The molecule has 1 saturated heterocycles. The van der Waals surface area contributed by atoms with E-state index >= 15 is 0 Å². The highest BCUT2D eigenvalue weighted by molar-refractivity contribution is 5.96. The summed E-state index contributed by atoms with van der Waals surface area (Å²) in [6.45, 7) is 4.74. The second kappa shape index (κ2) is 5.09. The Morgan fingerprint density at radius 1 is 1.50 bits per heavy atom. The van der Waals surface area contributed by atoms with Crippen molar-refractivity contribution in [2.75, 3.05) is 12.0 Å². The van der Waals surface area contributed by atoms with Crippen molar-refractivity contribution in [3.63, 3.8) is 0 Å². The van der Waals surface area contributed by atoms with Crippen LogP contribution >= 0.6 is 0 Å². The summed E-state index contributed by atoms with van der Waals surface area (Å²) in [6.07, 6.45) is 1.92. The SMILES string of the molecule is CC1(C)CCCN1C(=O)c1ccc([N+](=O)[O-])c(NN)c1. The zero-order valence-corrected chi connectivity index (χ0v) is 11.5. The number of hydrogen-bond acceptors (Lipinski definition) is 5. The Hall–Kier alpha value is -2.15. The summed E-state index contributed by atoms with van der Waals surface area (Å²) in [5.74, 6) is 5.16. The minimum Gasteiger partial charge on any atom is -0.334 e. The van der Waals surface area contributed by atoms with Crippen molar-refractivity contribution < 1.29 is 9.72 Å². The summed E-state index contributed by atoms with van der Waals surface area (Å²) < 4.78 is 0. The molecule has 1 aromatic carbocycles. The second-order valence-electron chi connectivity index (χ2n) is 5.51. The smallest absolute Gasteiger partial charge is 0.293 e. The minimum atomic E-state index is -0.538. The number of carbonyl (C=O) groups excluding carboxylic acids is 1. The largest absolute Gasteiger partial charge is 0.334 e. The van der Waals surface area contributed by atoms with Crippen molar-refractivity contribution in [2.24, 2.45) is 5.84 Å². The van der Waals surface area contributed by atoms with E-state index in [9.17, 15) is 14.9 Å². The number of carbonyl (C=O) groups is 1. The van der Waals surface area contributed by atoms with E-state index in [1.54, 1.807) is 4.90 Å². The zero-order valence-electron chi connectivity index (χ0n) is 11.5. The molecule has 7 nitrogen and oxygen atoms in total. The summed E-state index contributed by atoms with van der Waals surface area (Å²) in [7, 11) is 0. The predicted octanol–water partition coefficient (Wildman–Crippen LogP) is 1.90. The van der Waals surface area contributed by atoms with Gasteiger partial charge in [-0.1, -0.05) is 0 Å². The van der Waals surface area contributed by atoms with Crippen molar-refractivity contribution >= 4 is 17.3 Å². The Kier molecular flexibility index (Phi) is 3.63. The maximum absolute atomic E-state index is 12.5. The van der Waals surface area contributed by atoms with Crippen LogP contribution in [0, 0.1) is 10.1 Å². The molecule has 1 aliphatic heterocycles. The van der Waals surface area contributed by atoms with E-state index in [2.05, 4.69) is 5.43 Å². The van der Waals surface area contributed by atoms with E-state index < -0.39 is 4.92 Å². The van der Waals surface area contributed by atoms with Gasteiger partial charge in [-0.25, -0.2) is 0 Å². The first-order chi connectivity index (χ1) is 9.36. The Labute approximate surface area is 116 Å². The van der Waals surface area contributed by atoms with Gasteiger partial charge in [-0.15, -0.1) is 0 Å². The fourth-order valence-electron chi connectivity index (χ4n) is 2.58. The summed E-state index contributed by atoms with van der Waals surface area (Å²) in [5, 5.41) is 10.8. The molecule has 0 spiro atoms. The normalized spacial score (nSPS) is 17.1. The Bertz CT molecular complexity index is 557. The lowest BCUT2D eigenvalue weighted by atomic mass is 10.0. The van der Waals surface area contributed by atoms with Gasteiger partial charge in [0, 0.05) is 23.7 Å². The molecule has 0 saturated carbocycles. The van der Waals surface area contributed by atoms with Crippen LogP contribution in [0.4, 0.5) is 11.4 Å². The highest BCUT2D eigenvalue weighted by Gasteiger charge is 2.36. The molecular formula is C13H18N4O3. The van der Waals surface area contributed by atoms with E-state index in [4.69, 9.17) is 5.84 Å². The number of nitrogens with two attached hydrogens (primary N) is 1. The Balaban J connectivity index is 2.34. The number of hydrazine groups is 1. The fourth-order valence-corrected chi connectivity index (χ4v) is 2.58. The van der Waals surface area contributed by atoms with Crippen molar-refractivity contribution in [1.82, 2.24) is 4.90 Å².